The summed E-state index contributed by atoms with van der Waals surface area (Å²) in [5, 5.41) is 0. The molecule has 34 heavy (non-hydrogen) atoms. The summed E-state index contributed by atoms with van der Waals surface area (Å²) in [6, 6.07) is 0.608. The monoisotopic (exact) mass is 477 g/mol. The molecule has 0 fully saturated rings. The molecule has 1 rings (SSSR count). The summed E-state index contributed by atoms with van der Waals surface area (Å²) < 4.78 is 0. The lowest BCUT2D eigenvalue weighted by atomic mass is 10.0. The van der Waals surface area contributed by atoms with Crippen LogP contribution < -0.4 is 0 Å². The number of hydrogen-bond acceptors (Lipinski definition) is 2. The van der Waals surface area contributed by atoms with E-state index in [1.807, 2.05) is 0 Å². The summed E-state index contributed by atoms with van der Waals surface area (Å²) in [6.07, 6.45) is 38.2. The molecule has 0 saturated heterocycles. The van der Waals surface area contributed by atoms with E-state index in [4.69, 9.17) is 0 Å². The summed E-state index contributed by atoms with van der Waals surface area (Å²) in [6.45, 7) is 10.6. The second-order valence-corrected chi connectivity index (χ2v) is 11.4. The normalized spacial score (nSPS) is 15.9. The van der Waals surface area contributed by atoms with Gasteiger partial charge >= 0.3 is 0 Å². The van der Waals surface area contributed by atoms with Gasteiger partial charge in [-0.05, 0) is 33.1 Å². The minimum Gasteiger partial charge on any atom is -0.356 e. The molecule has 2 nitrogen and oxygen atoms in total. The number of nitrogens with zero attached hydrogens (tertiary/aromatic N) is 2. The van der Waals surface area contributed by atoms with Crippen molar-refractivity contribution in [3.8, 4) is 0 Å². The Balaban J connectivity index is 2.07. The maximum absolute atomic E-state index is 2.66. The molecule has 0 bridgehead atoms. The van der Waals surface area contributed by atoms with Crippen molar-refractivity contribution in [1.82, 2.24) is 9.80 Å². The smallest absolute Gasteiger partial charge is 0.101 e. The molecule has 202 valence electrons. The molecule has 1 aliphatic rings. The molecule has 1 unspecified atom stereocenters. The lowest BCUT2D eigenvalue weighted by Gasteiger charge is -2.35. The molecule has 0 spiro atoms. The predicted octanol–water partition coefficient (Wildman–Crippen LogP) is 10.8. The molecule has 0 N–H and O–H groups in total. The minimum absolute atomic E-state index is 0.608. The van der Waals surface area contributed by atoms with Gasteiger partial charge in [0, 0.05) is 25.0 Å². The van der Waals surface area contributed by atoms with Crippen molar-refractivity contribution in [3.63, 3.8) is 0 Å². The molecule has 0 radical (unpaired) electrons. The fraction of sp³-hybridized carbons (Fsp3) is 0.938. The maximum atomic E-state index is 2.66. The third-order valence-corrected chi connectivity index (χ3v) is 7.84. The van der Waals surface area contributed by atoms with E-state index < -0.39 is 0 Å². The molecule has 1 heterocycles. The van der Waals surface area contributed by atoms with Gasteiger partial charge in [-0.15, -0.1) is 0 Å². The molecule has 0 aromatic carbocycles. The topological polar surface area (TPSA) is 6.48 Å². The van der Waals surface area contributed by atoms with E-state index in [2.05, 4.69) is 49.9 Å². The van der Waals surface area contributed by atoms with Crippen molar-refractivity contribution in [2.75, 3.05) is 6.54 Å². The first kappa shape index (κ1) is 31.4. The van der Waals surface area contributed by atoms with Crippen molar-refractivity contribution < 1.29 is 0 Å². The van der Waals surface area contributed by atoms with Crippen LogP contribution in [-0.2, 0) is 0 Å². The van der Waals surface area contributed by atoms with Crippen LogP contribution in [0.1, 0.15) is 175 Å². The maximum Gasteiger partial charge on any atom is 0.101 e. The van der Waals surface area contributed by atoms with E-state index in [9.17, 15) is 0 Å². The van der Waals surface area contributed by atoms with Gasteiger partial charge in [0.05, 0.1) is 0 Å². The van der Waals surface area contributed by atoms with Gasteiger partial charge in [0.2, 0.25) is 0 Å². The second kappa shape index (κ2) is 22.8. The van der Waals surface area contributed by atoms with Crippen molar-refractivity contribution >= 4 is 0 Å². The molecule has 0 saturated carbocycles. The highest BCUT2D eigenvalue weighted by atomic mass is 15.4. The van der Waals surface area contributed by atoms with E-state index in [1.165, 1.54) is 154 Å². The highest BCUT2D eigenvalue weighted by Gasteiger charge is 2.26. The van der Waals surface area contributed by atoms with Gasteiger partial charge in [0.25, 0.3) is 0 Å². The molecule has 0 aliphatic carbocycles. The molecular formula is C32H64N2. The van der Waals surface area contributed by atoms with Crippen LogP contribution in [0.4, 0.5) is 0 Å². The van der Waals surface area contributed by atoms with E-state index in [-0.39, 0.29) is 0 Å². The van der Waals surface area contributed by atoms with Gasteiger partial charge in [-0.25, -0.2) is 0 Å². The Morgan fingerprint density at radius 3 is 1.29 bits per heavy atom. The largest absolute Gasteiger partial charge is 0.356 e. The van der Waals surface area contributed by atoms with Crippen molar-refractivity contribution in [2.45, 2.75) is 188 Å². The van der Waals surface area contributed by atoms with Gasteiger partial charge < -0.3 is 9.80 Å². The number of unbranched alkanes of at least 4 members (excludes halogenated alkanes) is 20. The summed E-state index contributed by atoms with van der Waals surface area (Å²) in [5.41, 5.74) is 0. The summed E-state index contributed by atoms with van der Waals surface area (Å²) in [7, 11) is 0. The van der Waals surface area contributed by atoms with E-state index >= 15 is 0 Å². The van der Waals surface area contributed by atoms with Crippen LogP contribution in [-0.4, -0.2) is 28.6 Å². The average Bonchev–Trinajstić information content (AvgIpc) is 3.24. The van der Waals surface area contributed by atoms with Crippen LogP contribution in [0.25, 0.3) is 0 Å². The van der Waals surface area contributed by atoms with Crippen LogP contribution in [0, 0.1) is 0 Å². The highest BCUT2D eigenvalue weighted by Crippen LogP contribution is 2.25. The summed E-state index contributed by atoms with van der Waals surface area (Å²) >= 11 is 0. The Morgan fingerprint density at radius 1 is 0.500 bits per heavy atom. The Kier molecular flexibility index (Phi) is 21.0. The molecule has 0 aromatic heterocycles. The lowest BCUT2D eigenvalue weighted by Crippen LogP contribution is -2.42. The standard InChI is InChI=1S/C32H64N2/c1-5-7-9-11-13-15-17-19-21-23-25-27-32-33(29-30-34(32)31(3)4)28-26-24-22-20-18-16-14-12-10-8-6-2/h29-32H,5-28H2,1-4H3. The molecule has 0 aromatic rings. The second-order valence-electron chi connectivity index (χ2n) is 11.4. The van der Waals surface area contributed by atoms with Crippen LogP contribution in [0.5, 0.6) is 0 Å². The first-order valence-electron chi connectivity index (χ1n) is 15.9. The van der Waals surface area contributed by atoms with E-state index in [0.29, 0.717) is 12.2 Å². The van der Waals surface area contributed by atoms with Crippen LogP contribution in [0.15, 0.2) is 12.4 Å². The van der Waals surface area contributed by atoms with E-state index in [1.54, 1.807) is 0 Å². The van der Waals surface area contributed by atoms with E-state index in [0.717, 1.165) is 0 Å². The summed E-state index contributed by atoms with van der Waals surface area (Å²) in [5.74, 6) is 0. The minimum atomic E-state index is 0.608. The zero-order chi connectivity index (χ0) is 24.7. The Morgan fingerprint density at radius 2 is 0.882 bits per heavy atom. The molecule has 1 atom stereocenters. The highest BCUT2D eigenvalue weighted by molar-refractivity contribution is 4.98. The van der Waals surface area contributed by atoms with Crippen molar-refractivity contribution in [1.29, 1.82) is 0 Å². The first-order valence-corrected chi connectivity index (χ1v) is 15.9. The molecule has 1 aliphatic heterocycles. The van der Waals surface area contributed by atoms with Crippen LogP contribution >= 0.6 is 0 Å². The zero-order valence-corrected chi connectivity index (χ0v) is 24.2. The molecule has 0 amide bonds. The Labute approximate surface area is 216 Å². The SMILES string of the molecule is CCCCCCCCCCCCCC1N(CCCCCCCCCCCCC)C=CN1C(C)C. The summed E-state index contributed by atoms with van der Waals surface area (Å²) in [4.78, 5) is 5.26. The van der Waals surface area contributed by atoms with Crippen LogP contribution in [0.2, 0.25) is 0 Å². The third-order valence-electron chi connectivity index (χ3n) is 7.84. The molecular weight excluding hydrogens is 412 g/mol. The van der Waals surface area contributed by atoms with Gasteiger partial charge in [0.1, 0.15) is 6.17 Å². The fourth-order valence-electron chi connectivity index (χ4n) is 5.54. The fourth-order valence-corrected chi connectivity index (χ4v) is 5.54. The van der Waals surface area contributed by atoms with Gasteiger partial charge in [-0.3, -0.25) is 0 Å². The average molecular weight is 477 g/mol. The number of rotatable bonds is 25. The lowest BCUT2D eigenvalue weighted by molar-refractivity contribution is 0.114. The van der Waals surface area contributed by atoms with Crippen molar-refractivity contribution in [2.24, 2.45) is 0 Å². The van der Waals surface area contributed by atoms with Crippen LogP contribution in [0.3, 0.4) is 0 Å². The Bertz CT molecular complexity index is 444. The quantitative estimate of drug-likeness (QED) is 0.121. The number of hydrogen-bond donors (Lipinski definition) is 0. The first-order chi connectivity index (χ1) is 16.7. The molecule has 2 heteroatoms. The Hall–Kier alpha value is -0.660. The third kappa shape index (κ3) is 16.1. The van der Waals surface area contributed by atoms with Crippen molar-refractivity contribution in [3.05, 3.63) is 12.4 Å². The van der Waals surface area contributed by atoms with Gasteiger partial charge in [0.15, 0.2) is 0 Å². The zero-order valence-electron chi connectivity index (χ0n) is 24.2. The van der Waals surface area contributed by atoms with Gasteiger partial charge in [-0.2, -0.15) is 0 Å². The van der Waals surface area contributed by atoms with Gasteiger partial charge in [-0.1, -0.05) is 142 Å². The predicted molar refractivity (Wildman–Crippen MR) is 154 cm³/mol.